The first-order valence-electron chi connectivity index (χ1n) is 13.7. The van der Waals surface area contributed by atoms with Gasteiger partial charge in [0.25, 0.3) is 0 Å². The number of carbonyl (C=O) groups is 1. The topological polar surface area (TPSA) is 20.3 Å². The van der Waals surface area contributed by atoms with Crippen LogP contribution in [0.15, 0.2) is 0 Å². The molecule has 0 radical (unpaired) electrons. The van der Waals surface area contributed by atoms with Crippen LogP contribution in [0.2, 0.25) is 0 Å². The minimum absolute atomic E-state index is 0.444. The summed E-state index contributed by atoms with van der Waals surface area (Å²) in [6, 6.07) is 0. The van der Waals surface area contributed by atoms with Gasteiger partial charge in [-0.05, 0) is 32.4 Å². The zero-order chi connectivity index (χ0) is 22.5. The van der Waals surface area contributed by atoms with Gasteiger partial charge in [-0.25, -0.2) is 0 Å². The van der Waals surface area contributed by atoms with Gasteiger partial charge in [-0.1, -0.05) is 130 Å². The number of hydrogen-bond donors (Lipinski definition) is 0. The first-order valence-corrected chi connectivity index (χ1v) is 13.7. The van der Waals surface area contributed by atoms with E-state index in [1.165, 1.54) is 116 Å². The number of unbranched alkanes of at least 4 members (excludes halogenated alkanes) is 11. The Labute approximate surface area is 191 Å². The Balaban J connectivity index is 4.57. The largest absolute Gasteiger partial charge is 0.302 e. The lowest BCUT2D eigenvalue weighted by Crippen LogP contribution is -2.24. The first-order chi connectivity index (χ1) is 14.5. The van der Waals surface area contributed by atoms with E-state index in [1.807, 2.05) is 19.0 Å². The summed E-state index contributed by atoms with van der Waals surface area (Å²) in [5.74, 6) is 1.90. The molecule has 0 aromatic rings. The Morgan fingerprint density at radius 3 is 1.50 bits per heavy atom. The molecule has 0 spiro atoms. The van der Waals surface area contributed by atoms with E-state index in [2.05, 4.69) is 20.8 Å². The molecule has 0 saturated heterocycles. The second-order valence-corrected chi connectivity index (χ2v) is 10.2. The first kappa shape index (κ1) is 29.6. The fourth-order valence-corrected chi connectivity index (χ4v) is 4.81. The molecule has 0 rings (SSSR count). The molecule has 0 saturated carbocycles. The van der Waals surface area contributed by atoms with Crippen molar-refractivity contribution in [2.24, 2.45) is 11.8 Å². The average Bonchev–Trinajstić information content (AvgIpc) is 2.70. The molecule has 180 valence electrons. The van der Waals surface area contributed by atoms with Gasteiger partial charge < -0.3 is 4.90 Å². The van der Waals surface area contributed by atoms with Crippen LogP contribution in [0, 0.1) is 11.8 Å². The summed E-state index contributed by atoms with van der Waals surface area (Å²) in [5, 5.41) is 0. The maximum absolute atomic E-state index is 12.5. The van der Waals surface area contributed by atoms with Crippen LogP contribution in [0.25, 0.3) is 0 Å². The van der Waals surface area contributed by atoms with Crippen molar-refractivity contribution in [1.29, 1.82) is 0 Å². The molecule has 30 heavy (non-hydrogen) atoms. The summed E-state index contributed by atoms with van der Waals surface area (Å²) in [7, 11) is 4.03. The summed E-state index contributed by atoms with van der Waals surface area (Å²) in [6.45, 7) is 7.49. The lowest BCUT2D eigenvalue weighted by Gasteiger charge is -2.24. The fraction of sp³-hybridized carbons (Fsp3) is 0.964. The third-order valence-corrected chi connectivity index (χ3v) is 6.57. The lowest BCUT2D eigenvalue weighted by atomic mass is 9.82. The van der Waals surface area contributed by atoms with Gasteiger partial charge in [0.1, 0.15) is 5.78 Å². The Bertz CT molecular complexity index is 350. The maximum Gasteiger partial charge on any atom is 0.147 e. The highest BCUT2D eigenvalue weighted by Crippen LogP contribution is 2.29. The number of likely N-dealkylation sites (N-methyl/N-ethyl adjacent to an activating group) is 1. The number of carbonyl (C=O) groups excluding carboxylic acids is 1. The van der Waals surface area contributed by atoms with Crippen LogP contribution in [0.4, 0.5) is 0 Å². The Kier molecular flexibility index (Phi) is 21.6. The van der Waals surface area contributed by atoms with E-state index in [9.17, 15) is 4.79 Å². The zero-order valence-corrected chi connectivity index (χ0v) is 21.7. The molecule has 0 N–H and O–H groups in total. The Hall–Kier alpha value is -0.370. The monoisotopic (exact) mass is 423 g/mol. The summed E-state index contributed by atoms with van der Waals surface area (Å²) < 4.78 is 0. The van der Waals surface area contributed by atoms with Gasteiger partial charge in [0.15, 0.2) is 0 Å². The molecule has 1 unspecified atom stereocenters. The van der Waals surface area contributed by atoms with Gasteiger partial charge >= 0.3 is 0 Å². The van der Waals surface area contributed by atoms with Gasteiger partial charge in [-0.15, -0.1) is 0 Å². The summed E-state index contributed by atoms with van der Waals surface area (Å²) >= 11 is 0. The molecule has 1 atom stereocenters. The minimum atomic E-state index is 0.444. The van der Waals surface area contributed by atoms with Crippen LogP contribution in [0.1, 0.15) is 143 Å². The smallest absolute Gasteiger partial charge is 0.147 e. The third-order valence-electron chi connectivity index (χ3n) is 6.57. The minimum Gasteiger partial charge on any atom is -0.302 e. The van der Waals surface area contributed by atoms with Gasteiger partial charge in [0.05, 0.1) is 6.54 Å². The van der Waals surface area contributed by atoms with E-state index < -0.39 is 0 Å². The van der Waals surface area contributed by atoms with Crippen LogP contribution in [-0.2, 0) is 4.79 Å². The molecule has 0 amide bonds. The van der Waals surface area contributed by atoms with Crippen molar-refractivity contribution in [3.05, 3.63) is 0 Å². The summed E-state index contributed by atoms with van der Waals surface area (Å²) in [4.78, 5) is 14.5. The number of nitrogens with zero attached hydrogens (tertiary/aromatic N) is 1. The van der Waals surface area contributed by atoms with E-state index in [0.29, 0.717) is 18.2 Å². The predicted molar refractivity (Wildman–Crippen MR) is 135 cm³/mol. The van der Waals surface area contributed by atoms with Gasteiger partial charge in [0, 0.05) is 6.42 Å². The average molecular weight is 424 g/mol. The maximum atomic E-state index is 12.5. The van der Waals surface area contributed by atoms with Crippen molar-refractivity contribution in [2.45, 2.75) is 143 Å². The van der Waals surface area contributed by atoms with Gasteiger partial charge in [-0.2, -0.15) is 0 Å². The number of Topliss-reactive ketones (excluding diaryl/α,β-unsaturated/α-hetero) is 1. The normalized spacial score (nSPS) is 12.8. The predicted octanol–water partition coefficient (Wildman–Crippen LogP) is 8.82. The van der Waals surface area contributed by atoms with E-state index in [-0.39, 0.29) is 0 Å². The molecule has 0 heterocycles. The van der Waals surface area contributed by atoms with Crippen molar-refractivity contribution < 1.29 is 4.79 Å². The quantitative estimate of drug-likeness (QED) is 0.153. The second-order valence-electron chi connectivity index (χ2n) is 10.2. The van der Waals surface area contributed by atoms with Crippen molar-refractivity contribution in [2.75, 3.05) is 20.6 Å². The standard InChI is InChI=1S/C28H57NO/c1-6-9-12-14-16-18-21-26(22-19-17-15-13-10-7-2)23-27(20-11-8-3)24-28(30)25-29(4)5/h26-27H,6-25H2,1-5H3. The van der Waals surface area contributed by atoms with Crippen LogP contribution < -0.4 is 0 Å². The number of rotatable bonds is 23. The molecular weight excluding hydrogens is 366 g/mol. The fourth-order valence-electron chi connectivity index (χ4n) is 4.81. The van der Waals surface area contributed by atoms with Crippen LogP contribution in [-0.4, -0.2) is 31.3 Å². The summed E-state index contributed by atoms with van der Waals surface area (Å²) in [5.41, 5.74) is 0. The lowest BCUT2D eigenvalue weighted by molar-refractivity contribution is -0.120. The number of ketones is 1. The molecule has 0 bridgehead atoms. The Morgan fingerprint density at radius 2 is 1.03 bits per heavy atom. The molecule has 2 heteroatoms. The zero-order valence-electron chi connectivity index (χ0n) is 21.7. The molecule has 0 aliphatic carbocycles. The Morgan fingerprint density at radius 1 is 0.600 bits per heavy atom. The van der Waals surface area contributed by atoms with E-state index in [4.69, 9.17) is 0 Å². The molecule has 0 fully saturated rings. The highest BCUT2D eigenvalue weighted by atomic mass is 16.1. The summed E-state index contributed by atoms with van der Waals surface area (Å²) in [6.07, 6.45) is 25.4. The molecule has 0 aliphatic rings. The van der Waals surface area contributed by atoms with Crippen molar-refractivity contribution in [3.8, 4) is 0 Å². The van der Waals surface area contributed by atoms with Gasteiger partial charge in [0.2, 0.25) is 0 Å². The third kappa shape index (κ3) is 19.6. The van der Waals surface area contributed by atoms with E-state index in [0.717, 1.165) is 12.3 Å². The van der Waals surface area contributed by atoms with Crippen LogP contribution in [0.5, 0.6) is 0 Å². The molecule has 0 aromatic carbocycles. The highest BCUT2D eigenvalue weighted by molar-refractivity contribution is 5.80. The SMILES string of the molecule is CCCCCCCCC(CCCCCCCC)CC(CCCC)CC(=O)CN(C)C. The molecule has 2 nitrogen and oxygen atoms in total. The van der Waals surface area contributed by atoms with Crippen molar-refractivity contribution >= 4 is 5.78 Å². The van der Waals surface area contributed by atoms with Crippen LogP contribution >= 0.6 is 0 Å². The number of hydrogen-bond acceptors (Lipinski definition) is 2. The molecule has 0 aromatic heterocycles. The highest BCUT2D eigenvalue weighted by Gasteiger charge is 2.19. The molecule has 0 aliphatic heterocycles. The van der Waals surface area contributed by atoms with Gasteiger partial charge in [-0.3, -0.25) is 4.79 Å². The van der Waals surface area contributed by atoms with Crippen LogP contribution in [0.3, 0.4) is 0 Å². The molecular formula is C28H57NO. The van der Waals surface area contributed by atoms with E-state index in [1.54, 1.807) is 0 Å². The van der Waals surface area contributed by atoms with E-state index >= 15 is 0 Å². The van der Waals surface area contributed by atoms with Crippen molar-refractivity contribution in [1.82, 2.24) is 4.90 Å². The van der Waals surface area contributed by atoms with Crippen molar-refractivity contribution in [3.63, 3.8) is 0 Å². The second kappa shape index (κ2) is 21.8.